The van der Waals surface area contributed by atoms with Crippen molar-refractivity contribution in [2.45, 2.75) is 39.8 Å². The molecule has 0 amide bonds. The predicted octanol–water partition coefficient (Wildman–Crippen LogP) is 4.42. The van der Waals surface area contributed by atoms with Gasteiger partial charge in [0.05, 0.1) is 45.3 Å². The molecule has 7 nitrogen and oxygen atoms in total. The monoisotopic (exact) mass is 488 g/mol. The molecule has 3 heterocycles. The SMILES string of the molecule is CCOC(=O)c1c(C/C=C(\C)Cl)c(CN2CCOCC2)n2c1-c1cc(OC)c(OC)cc1CC2. The number of carbonyl (C=O) groups excluding carboxylic acids is 1. The number of hydrogen-bond acceptors (Lipinski definition) is 6. The van der Waals surface area contributed by atoms with E-state index >= 15 is 0 Å². The first-order valence-corrected chi connectivity index (χ1v) is 12.1. The predicted molar refractivity (Wildman–Crippen MR) is 132 cm³/mol. The Balaban J connectivity index is 1.94. The molecule has 1 aromatic heterocycles. The third-order valence-corrected chi connectivity index (χ3v) is 6.65. The molecule has 1 aromatic carbocycles. The lowest BCUT2D eigenvalue weighted by Crippen LogP contribution is -2.36. The van der Waals surface area contributed by atoms with Crippen LogP contribution in [0.15, 0.2) is 23.2 Å². The highest BCUT2D eigenvalue weighted by Gasteiger charge is 2.33. The first-order chi connectivity index (χ1) is 16.5. The first-order valence-electron chi connectivity index (χ1n) is 11.8. The number of fused-ring (bicyclic) bond motifs is 3. The number of benzene rings is 1. The lowest BCUT2D eigenvalue weighted by Gasteiger charge is -2.29. The van der Waals surface area contributed by atoms with Gasteiger partial charge in [0, 0.05) is 42.5 Å². The molecule has 34 heavy (non-hydrogen) atoms. The molecule has 0 saturated carbocycles. The number of esters is 1. The van der Waals surface area contributed by atoms with Gasteiger partial charge in [0.1, 0.15) is 0 Å². The van der Waals surface area contributed by atoms with E-state index < -0.39 is 0 Å². The van der Waals surface area contributed by atoms with E-state index in [0.29, 0.717) is 48.3 Å². The van der Waals surface area contributed by atoms with Crippen molar-refractivity contribution in [1.82, 2.24) is 9.47 Å². The number of aryl methyl sites for hydroxylation is 1. The fraction of sp³-hybridized carbons (Fsp3) is 0.500. The maximum atomic E-state index is 13.4. The summed E-state index contributed by atoms with van der Waals surface area (Å²) in [5, 5.41) is 0.697. The summed E-state index contributed by atoms with van der Waals surface area (Å²) in [6.07, 6.45) is 3.36. The third-order valence-electron chi connectivity index (χ3n) is 6.50. The molecule has 0 unspecified atom stereocenters. The second kappa shape index (κ2) is 10.8. The standard InChI is InChI=1S/C26H33ClN2O5/c1-5-34-26(30)24-19(7-6-17(2)27)21(16-28-10-12-33-13-11-28)29-9-8-18-14-22(31-3)23(32-4)15-20(18)25(24)29/h6,14-15H,5,7-13,16H2,1-4H3/b17-6+. The summed E-state index contributed by atoms with van der Waals surface area (Å²) in [7, 11) is 3.26. The number of aromatic nitrogens is 1. The second-order valence-corrected chi connectivity index (χ2v) is 9.12. The molecular weight excluding hydrogens is 456 g/mol. The quantitative estimate of drug-likeness (QED) is 0.512. The highest BCUT2D eigenvalue weighted by atomic mass is 35.5. The van der Waals surface area contributed by atoms with Gasteiger partial charge in [-0.15, -0.1) is 0 Å². The Morgan fingerprint density at radius 2 is 1.85 bits per heavy atom. The maximum absolute atomic E-state index is 13.4. The molecule has 2 aliphatic heterocycles. The zero-order valence-electron chi connectivity index (χ0n) is 20.4. The maximum Gasteiger partial charge on any atom is 0.340 e. The molecule has 0 aliphatic carbocycles. The van der Waals surface area contributed by atoms with E-state index in [4.69, 9.17) is 30.5 Å². The van der Waals surface area contributed by atoms with Gasteiger partial charge in [-0.2, -0.15) is 0 Å². The van der Waals surface area contributed by atoms with Crippen LogP contribution in [0.5, 0.6) is 11.5 Å². The number of morpholine rings is 1. The van der Waals surface area contributed by atoms with E-state index in [0.717, 1.165) is 60.7 Å². The fourth-order valence-corrected chi connectivity index (χ4v) is 4.94. The second-order valence-electron chi connectivity index (χ2n) is 8.52. The molecule has 2 aromatic rings. The Bertz CT molecular complexity index is 1080. The lowest BCUT2D eigenvalue weighted by molar-refractivity contribution is 0.0330. The number of nitrogens with zero attached hydrogens (tertiary/aromatic N) is 2. The normalized spacial score (nSPS) is 16.1. The molecule has 4 rings (SSSR count). The Morgan fingerprint density at radius 3 is 2.50 bits per heavy atom. The highest BCUT2D eigenvalue weighted by molar-refractivity contribution is 6.29. The molecule has 1 fully saturated rings. The average Bonchev–Trinajstić information content (AvgIpc) is 3.16. The summed E-state index contributed by atoms with van der Waals surface area (Å²) in [5.74, 6) is 1.02. The number of carbonyl (C=O) groups is 1. The number of allylic oxidation sites excluding steroid dienone is 2. The summed E-state index contributed by atoms with van der Waals surface area (Å²) in [4.78, 5) is 15.8. The van der Waals surface area contributed by atoms with Crippen LogP contribution in [0.25, 0.3) is 11.3 Å². The van der Waals surface area contributed by atoms with Gasteiger partial charge in [0.15, 0.2) is 11.5 Å². The van der Waals surface area contributed by atoms with E-state index in [-0.39, 0.29) is 5.97 Å². The number of ether oxygens (including phenoxy) is 4. The van der Waals surface area contributed by atoms with Gasteiger partial charge in [-0.25, -0.2) is 4.79 Å². The molecule has 2 aliphatic rings. The molecular formula is C26H33ClN2O5. The zero-order valence-corrected chi connectivity index (χ0v) is 21.2. The molecule has 0 atom stereocenters. The van der Waals surface area contributed by atoms with Crippen molar-refractivity contribution in [2.75, 3.05) is 47.1 Å². The minimum atomic E-state index is -0.308. The van der Waals surface area contributed by atoms with Gasteiger partial charge in [0.25, 0.3) is 0 Å². The summed E-state index contributed by atoms with van der Waals surface area (Å²) < 4.78 is 24.6. The minimum Gasteiger partial charge on any atom is -0.493 e. The van der Waals surface area contributed by atoms with Crippen molar-refractivity contribution in [1.29, 1.82) is 0 Å². The van der Waals surface area contributed by atoms with Crippen molar-refractivity contribution in [2.24, 2.45) is 0 Å². The molecule has 184 valence electrons. The smallest absolute Gasteiger partial charge is 0.340 e. The summed E-state index contributed by atoms with van der Waals surface area (Å²) in [6.45, 7) is 8.67. The Morgan fingerprint density at radius 1 is 1.15 bits per heavy atom. The summed E-state index contributed by atoms with van der Waals surface area (Å²) >= 11 is 6.23. The van der Waals surface area contributed by atoms with E-state index in [9.17, 15) is 4.79 Å². The first kappa shape index (κ1) is 24.6. The van der Waals surface area contributed by atoms with Crippen LogP contribution in [-0.2, 0) is 35.4 Å². The van der Waals surface area contributed by atoms with Crippen molar-refractivity contribution in [3.63, 3.8) is 0 Å². The highest BCUT2D eigenvalue weighted by Crippen LogP contribution is 2.43. The Hall–Kier alpha value is -2.48. The van der Waals surface area contributed by atoms with Crippen LogP contribution >= 0.6 is 11.6 Å². The number of rotatable bonds is 8. The van der Waals surface area contributed by atoms with Crippen LogP contribution in [0, 0.1) is 0 Å². The van der Waals surface area contributed by atoms with Crippen molar-refractivity contribution in [3.05, 3.63) is 45.6 Å². The molecule has 0 N–H and O–H groups in total. The minimum absolute atomic E-state index is 0.308. The molecule has 0 radical (unpaired) electrons. The van der Waals surface area contributed by atoms with Crippen LogP contribution in [0.4, 0.5) is 0 Å². The lowest BCUT2D eigenvalue weighted by atomic mass is 9.94. The molecule has 0 bridgehead atoms. The fourth-order valence-electron chi connectivity index (χ4n) is 4.87. The van der Waals surface area contributed by atoms with Gasteiger partial charge in [0.2, 0.25) is 0 Å². The summed E-state index contributed by atoms with van der Waals surface area (Å²) in [5.41, 5.74) is 5.72. The van der Waals surface area contributed by atoms with Gasteiger partial charge in [-0.05, 0) is 49.9 Å². The Labute approximate surface area is 206 Å². The molecule has 8 heteroatoms. The van der Waals surface area contributed by atoms with Gasteiger partial charge < -0.3 is 23.5 Å². The van der Waals surface area contributed by atoms with E-state index in [1.165, 1.54) is 0 Å². The average molecular weight is 489 g/mol. The molecule has 0 spiro atoms. The van der Waals surface area contributed by atoms with Crippen molar-refractivity contribution >= 4 is 17.6 Å². The van der Waals surface area contributed by atoms with Crippen LogP contribution in [-0.4, -0.2) is 62.6 Å². The number of halogens is 1. The number of hydrogen-bond donors (Lipinski definition) is 0. The zero-order chi connectivity index (χ0) is 24.2. The molecule has 1 saturated heterocycles. The van der Waals surface area contributed by atoms with Gasteiger partial charge >= 0.3 is 5.97 Å². The van der Waals surface area contributed by atoms with Crippen LogP contribution in [0.2, 0.25) is 0 Å². The topological polar surface area (TPSA) is 62.2 Å². The largest absolute Gasteiger partial charge is 0.493 e. The van der Waals surface area contributed by atoms with Crippen molar-refractivity contribution in [3.8, 4) is 22.8 Å². The van der Waals surface area contributed by atoms with Crippen LogP contribution < -0.4 is 9.47 Å². The van der Waals surface area contributed by atoms with Crippen LogP contribution in [0.3, 0.4) is 0 Å². The van der Waals surface area contributed by atoms with E-state index in [1.54, 1.807) is 14.2 Å². The number of methoxy groups -OCH3 is 2. The van der Waals surface area contributed by atoms with Gasteiger partial charge in [-0.1, -0.05) is 17.7 Å². The Kier molecular flexibility index (Phi) is 7.86. The van der Waals surface area contributed by atoms with Gasteiger partial charge in [-0.3, -0.25) is 4.90 Å². The van der Waals surface area contributed by atoms with E-state index in [1.807, 2.05) is 32.1 Å². The third kappa shape index (κ3) is 4.83. The van der Waals surface area contributed by atoms with Crippen LogP contribution in [0.1, 0.15) is 41.0 Å². The van der Waals surface area contributed by atoms with Crippen molar-refractivity contribution < 1.29 is 23.7 Å². The van der Waals surface area contributed by atoms with E-state index in [2.05, 4.69) is 9.47 Å². The summed E-state index contributed by atoms with van der Waals surface area (Å²) in [6, 6.07) is 4.00.